The molecule has 6 nitrogen and oxygen atoms in total. The maximum atomic E-state index is 9.10. The third-order valence-electron chi connectivity index (χ3n) is 4.78. The average Bonchev–Trinajstić information content (AvgIpc) is 3.02. The van der Waals surface area contributed by atoms with E-state index in [-0.39, 0.29) is 6.61 Å². The number of hydrogen-bond donors (Lipinski definition) is 2. The summed E-state index contributed by atoms with van der Waals surface area (Å²) in [6, 6.07) is 0. The summed E-state index contributed by atoms with van der Waals surface area (Å²) in [6.07, 6.45) is 4.58. The van der Waals surface area contributed by atoms with Gasteiger partial charge in [0.1, 0.15) is 5.82 Å². The molecule has 0 fully saturated rings. The summed E-state index contributed by atoms with van der Waals surface area (Å²) in [5, 5.41) is 17.2. The highest BCUT2D eigenvalue weighted by Crippen LogP contribution is 2.26. The van der Waals surface area contributed by atoms with Crippen LogP contribution in [-0.2, 0) is 19.6 Å². The van der Waals surface area contributed by atoms with E-state index in [1.165, 1.54) is 24.2 Å². The summed E-state index contributed by atoms with van der Waals surface area (Å²) in [6.45, 7) is 9.72. The van der Waals surface area contributed by atoms with Crippen molar-refractivity contribution >= 4 is 0 Å². The highest BCUT2D eigenvalue weighted by atomic mass is 16.3. The Hall–Kier alpha value is -1.66. The molecule has 0 bridgehead atoms. The van der Waals surface area contributed by atoms with Crippen molar-refractivity contribution in [2.75, 3.05) is 13.2 Å². The van der Waals surface area contributed by atoms with Crippen LogP contribution in [0.1, 0.15) is 47.2 Å². The van der Waals surface area contributed by atoms with Gasteiger partial charge in [-0.1, -0.05) is 0 Å². The molecule has 2 aromatic heterocycles. The van der Waals surface area contributed by atoms with Crippen molar-refractivity contribution in [3.05, 3.63) is 34.7 Å². The standard InChI is InChI=1S/C17H27N5O/c1-12-11-21-6-4-5-15(17(21)19-12)9-18-10-16-13(2)20-22(7-8-23)14(16)3/h11,15,18,23H,4-10H2,1-3H3. The molecule has 1 unspecified atom stereocenters. The maximum Gasteiger partial charge on any atom is 0.113 e. The Balaban J connectivity index is 1.62. The number of hydrogen-bond acceptors (Lipinski definition) is 4. The van der Waals surface area contributed by atoms with Gasteiger partial charge < -0.3 is 15.0 Å². The van der Waals surface area contributed by atoms with E-state index < -0.39 is 0 Å². The van der Waals surface area contributed by atoms with E-state index in [2.05, 4.69) is 35.0 Å². The van der Waals surface area contributed by atoms with Crippen LogP contribution in [0.3, 0.4) is 0 Å². The Morgan fingerprint density at radius 2 is 2.17 bits per heavy atom. The summed E-state index contributed by atoms with van der Waals surface area (Å²) in [5.41, 5.74) is 4.55. The Morgan fingerprint density at radius 3 is 2.96 bits per heavy atom. The van der Waals surface area contributed by atoms with E-state index in [1.54, 1.807) is 0 Å². The molecular weight excluding hydrogens is 290 g/mol. The van der Waals surface area contributed by atoms with E-state index in [1.807, 2.05) is 11.6 Å². The zero-order chi connectivity index (χ0) is 16.4. The number of nitrogens with one attached hydrogen (secondary N) is 1. The van der Waals surface area contributed by atoms with Crippen LogP contribution in [-0.4, -0.2) is 37.6 Å². The van der Waals surface area contributed by atoms with Crippen molar-refractivity contribution in [1.29, 1.82) is 0 Å². The van der Waals surface area contributed by atoms with Crippen LogP contribution in [0, 0.1) is 20.8 Å². The highest BCUT2D eigenvalue weighted by molar-refractivity contribution is 5.24. The van der Waals surface area contributed by atoms with Crippen LogP contribution in [0.5, 0.6) is 0 Å². The molecule has 0 spiro atoms. The van der Waals surface area contributed by atoms with Gasteiger partial charge in [0.15, 0.2) is 0 Å². The molecule has 0 aromatic carbocycles. The Labute approximate surface area is 137 Å². The maximum absolute atomic E-state index is 9.10. The van der Waals surface area contributed by atoms with Gasteiger partial charge in [0.05, 0.1) is 24.5 Å². The van der Waals surface area contributed by atoms with Crippen LogP contribution in [0.2, 0.25) is 0 Å². The minimum atomic E-state index is 0.124. The zero-order valence-electron chi connectivity index (χ0n) is 14.3. The summed E-state index contributed by atoms with van der Waals surface area (Å²) in [5.74, 6) is 1.72. The molecule has 3 rings (SSSR count). The Bertz CT molecular complexity index is 673. The van der Waals surface area contributed by atoms with Gasteiger partial charge in [0.25, 0.3) is 0 Å². The van der Waals surface area contributed by atoms with Gasteiger partial charge in [-0.15, -0.1) is 0 Å². The van der Waals surface area contributed by atoms with Gasteiger partial charge in [-0.3, -0.25) is 4.68 Å². The van der Waals surface area contributed by atoms with Crippen LogP contribution >= 0.6 is 0 Å². The molecule has 0 saturated heterocycles. The van der Waals surface area contributed by atoms with E-state index >= 15 is 0 Å². The monoisotopic (exact) mass is 317 g/mol. The van der Waals surface area contributed by atoms with Gasteiger partial charge in [-0.05, 0) is 33.6 Å². The van der Waals surface area contributed by atoms with Gasteiger partial charge in [0, 0.05) is 43.0 Å². The van der Waals surface area contributed by atoms with Crippen molar-refractivity contribution in [3.63, 3.8) is 0 Å². The van der Waals surface area contributed by atoms with E-state index in [0.717, 1.165) is 36.7 Å². The lowest BCUT2D eigenvalue weighted by Crippen LogP contribution is -2.26. The number of fused-ring (bicyclic) bond motifs is 1. The number of imidazole rings is 1. The molecule has 1 aliphatic rings. The van der Waals surface area contributed by atoms with Gasteiger partial charge in [-0.25, -0.2) is 4.98 Å². The number of aryl methyl sites for hydroxylation is 3. The van der Waals surface area contributed by atoms with Crippen molar-refractivity contribution in [2.45, 2.75) is 59.2 Å². The van der Waals surface area contributed by atoms with E-state index in [0.29, 0.717) is 12.5 Å². The third kappa shape index (κ3) is 3.33. The minimum absolute atomic E-state index is 0.124. The van der Waals surface area contributed by atoms with Crippen molar-refractivity contribution in [3.8, 4) is 0 Å². The molecule has 0 aliphatic carbocycles. The summed E-state index contributed by atoms with van der Waals surface area (Å²) < 4.78 is 4.20. The predicted octanol–water partition coefficient (Wildman–Crippen LogP) is 1.66. The normalized spacial score (nSPS) is 17.5. The van der Waals surface area contributed by atoms with Crippen molar-refractivity contribution < 1.29 is 5.11 Å². The first kappa shape index (κ1) is 16.2. The number of rotatable bonds is 6. The summed E-state index contributed by atoms with van der Waals surface area (Å²) >= 11 is 0. The first-order valence-corrected chi connectivity index (χ1v) is 8.48. The molecule has 2 aromatic rings. The van der Waals surface area contributed by atoms with E-state index in [9.17, 15) is 0 Å². The molecule has 23 heavy (non-hydrogen) atoms. The van der Waals surface area contributed by atoms with Crippen LogP contribution in [0.15, 0.2) is 6.20 Å². The fraction of sp³-hybridized carbons (Fsp3) is 0.647. The van der Waals surface area contributed by atoms with E-state index in [4.69, 9.17) is 10.1 Å². The highest BCUT2D eigenvalue weighted by Gasteiger charge is 2.22. The first-order chi connectivity index (χ1) is 11.1. The topological polar surface area (TPSA) is 67.9 Å². The second-order valence-electron chi connectivity index (χ2n) is 6.50. The third-order valence-corrected chi connectivity index (χ3v) is 4.78. The minimum Gasteiger partial charge on any atom is -0.394 e. The largest absolute Gasteiger partial charge is 0.394 e. The average molecular weight is 317 g/mol. The second-order valence-corrected chi connectivity index (χ2v) is 6.50. The van der Waals surface area contributed by atoms with Gasteiger partial charge >= 0.3 is 0 Å². The predicted molar refractivity (Wildman–Crippen MR) is 89.4 cm³/mol. The van der Waals surface area contributed by atoms with Gasteiger partial charge in [0.2, 0.25) is 0 Å². The quantitative estimate of drug-likeness (QED) is 0.850. The second kappa shape index (κ2) is 6.84. The number of aromatic nitrogens is 4. The van der Waals surface area contributed by atoms with Crippen LogP contribution in [0.25, 0.3) is 0 Å². The molecule has 0 saturated carbocycles. The van der Waals surface area contributed by atoms with Crippen LogP contribution < -0.4 is 5.32 Å². The molecule has 3 heterocycles. The lowest BCUT2D eigenvalue weighted by molar-refractivity contribution is 0.267. The van der Waals surface area contributed by atoms with Crippen molar-refractivity contribution in [1.82, 2.24) is 24.6 Å². The molecule has 1 atom stereocenters. The fourth-order valence-corrected chi connectivity index (χ4v) is 3.57. The van der Waals surface area contributed by atoms with Crippen LogP contribution in [0.4, 0.5) is 0 Å². The molecule has 0 radical (unpaired) electrons. The van der Waals surface area contributed by atoms with Crippen molar-refractivity contribution in [2.24, 2.45) is 0 Å². The molecule has 1 aliphatic heterocycles. The molecule has 0 amide bonds. The fourth-order valence-electron chi connectivity index (χ4n) is 3.57. The number of aliphatic hydroxyl groups is 1. The summed E-state index contributed by atoms with van der Waals surface area (Å²) in [4.78, 5) is 4.70. The lowest BCUT2D eigenvalue weighted by atomic mass is 9.99. The molecular formula is C17H27N5O. The smallest absolute Gasteiger partial charge is 0.113 e. The number of nitrogens with zero attached hydrogens (tertiary/aromatic N) is 4. The lowest BCUT2D eigenvalue weighted by Gasteiger charge is -2.23. The molecule has 2 N–H and O–H groups in total. The number of aliphatic hydroxyl groups excluding tert-OH is 1. The first-order valence-electron chi connectivity index (χ1n) is 8.48. The Morgan fingerprint density at radius 1 is 1.35 bits per heavy atom. The van der Waals surface area contributed by atoms with Gasteiger partial charge in [-0.2, -0.15) is 5.10 Å². The summed E-state index contributed by atoms with van der Waals surface area (Å²) in [7, 11) is 0. The molecule has 6 heteroatoms. The zero-order valence-corrected chi connectivity index (χ0v) is 14.3. The molecule has 126 valence electrons. The SMILES string of the molecule is Cc1cn2c(n1)C(CNCc1c(C)nn(CCO)c1C)CCC2. The Kier molecular flexibility index (Phi) is 4.82.